The average Bonchev–Trinajstić information content (AvgIpc) is 2.88. The van der Waals surface area contributed by atoms with Crippen molar-refractivity contribution in [3.63, 3.8) is 0 Å². The molecule has 7 heteroatoms. The molecule has 124 valence electrons. The number of nitrogens with zero attached hydrogens (tertiary/aromatic N) is 3. The molecule has 0 aliphatic carbocycles. The number of phenols is 1. The molecule has 23 heavy (non-hydrogen) atoms. The Bertz CT molecular complexity index is 712. The molecule has 2 aromatic rings. The molecule has 1 aromatic heterocycles. The van der Waals surface area contributed by atoms with Crippen molar-refractivity contribution in [1.29, 1.82) is 0 Å². The van der Waals surface area contributed by atoms with E-state index < -0.39 is 5.60 Å². The van der Waals surface area contributed by atoms with Crippen LogP contribution in [0.5, 0.6) is 5.75 Å². The number of amides is 1. The number of carbonyl (C=O) groups excluding carboxylic acids is 1. The number of fused-ring (bicyclic) bond motifs is 1. The molecule has 2 heterocycles. The maximum atomic E-state index is 12.1. The molecule has 1 amide bonds. The third-order valence-corrected chi connectivity index (χ3v) is 3.56. The summed E-state index contributed by atoms with van der Waals surface area (Å²) >= 11 is 0. The molecular weight excluding hydrogens is 298 g/mol. The van der Waals surface area contributed by atoms with E-state index in [4.69, 9.17) is 9.15 Å². The largest absolute Gasteiger partial charge is 0.508 e. The minimum absolute atomic E-state index is 0.159. The molecule has 0 spiro atoms. The number of carbonyl (C=O) groups is 1. The fourth-order valence-electron chi connectivity index (χ4n) is 2.45. The minimum Gasteiger partial charge on any atom is -0.508 e. The first kappa shape index (κ1) is 15.5. The number of phenolic OH excluding ortho intramolecular Hbond substituents is 1. The number of benzene rings is 1. The van der Waals surface area contributed by atoms with Gasteiger partial charge >= 0.3 is 6.09 Å². The normalized spacial score (nSPS) is 16.0. The van der Waals surface area contributed by atoms with Crippen LogP contribution in [0.25, 0.3) is 11.1 Å². The summed E-state index contributed by atoms with van der Waals surface area (Å²) in [6.07, 6.45) is -0.292. The Kier molecular flexibility index (Phi) is 3.79. The predicted octanol–water partition coefficient (Wildman–Crippen LogP) is 2.59. The van der Waals surface area contributed by atoms with Crippen LogP contribution in [-0.2, 0) is 4.74 Å². The SMILES string of the molecule is CC(C)(C)OC(=O)N1CCN(c2nc3cc(O)ccc3o2)CC1. The van der Waals surface area contributed by atoms with Gasteiger partial charge in [0.2, 0.25) is 0 Å². The number of piperazine rings is 1. The highest BCUT2D eigenvalue weighted by Crippen LogP contribution is 2.25. The average molecular weight is 319 g/mol. The standard InChI is InChI=1S/C16H21N3O4/c1-16(2,3)23-15(21)19-8-6-18(7-9-19)14-17-12-10-11(20)4-5-13(12)22-14/h4-5,10,20H,6-9H2,1-3H3. The number of hydrogen-bond donors (Lipinski definition) is 1. The summed E-state index contributed by atoms with van der Waals surface area (Å²) < 4.78 is 11.1. The lowest BCUT2D eigenvalue weighted by molar-refractivity contribution is 0.0239. The van der Waals surface area contributed by atoms with E-state index in [2.05, 4.69) is 4.98 Å². The van der Waals surface area contributed by atoms with Crippen LogP contribution in [0.15, 0.2) is 22.6 Å². The van der Waals surface area contributed by atoms with E-state index in [0.717, 1.165) is 0 Å². The molecule has 3 rings (SSSR count). The number of ether oxygens (including phenoxy) is 1. The lowest BCUT2D eigenvalue weighted by Gasteiger charge is -2.34. The van der Waals surface area contributed by atoms with E-state index >= 15 is 0 Å². The molecule has 1 saturated heterocycles. The highest BCUT2D eigenvalue weighted by atomic mass is 16.6. The molecule has 1 N–H and O–H groups in total. The number of aromatic hydroxyl groups is 1. The van der Waals surface area contributed by atoms with Gasteiger partial charge in [-0.15, -0.1) is 0 Å². The molecule has 1 aliphatic heterocycles. The Morgan fingerprint density at radius 3 is 2.61 bits per heavy atom. The molecule has 0 bridgehead atoms. The van der Waals surface area contributed by atoms with Crippen LogP contribution in [0.3, 0.4) is 0 Å². The fraction of sp³-hybridized carbons (Fsp3) is 0.500. The first-order valence-electron chi connectivity index (χ1n) is 7.64. The van der Waals surface area contributed by atoms with E-state index in [-0.39, 0.29) is 11.8 Å². The van der Waals surface area contributed by atoms with Gasteiger partial charge < -0.3 is 24.1 Å². The van der Waals surface area contributed by atoms with Crippen molar-refractivity contribution < 1.29 is 19.1 Å². The van der Waals surface area contributed by atoms with Gasteiger partial charge in [-0.3, -0.25) is 0 Å². The molecule has 1 fully saturated rings. The smallest absolute Gasteiger partial charge is 0.410 e. The molecule has 0 radical (unpaired) electrons. The number of aromatic nitrogens is 1. The van der Waals surface area contributed by atoms with Crippen molar-refractivity contribution in [3.05, 3.63) is 18.2 Å². The van der Waals surface area contributed by atoms with E-state index in [9.17, 15) is 9.90 Å². The van der Waals surface area contributed by atoms with E-state index in [0.29, 0.717) is 43.3 Å². The zero-order valence-electron chi connectivity index (χ0n) is 13.6. The highest BCUT2D eigenvalue weighted by molar-refractivity contribution is 5.76. The van der Waals surface area contributed by atoms with Gasteiger partial charge in [-0.05, 0) is 32.9 Å². The monoisotopic (exact) mass is 319 g/mol. The molecule has 0 saturated carbocycles. The van der Waals surface area contributed by atoms with E-state index in [1.54, 1.807) is 23.1 Å². The van der Waals surface area contributed by atoms with Gasteiger partial charge in [0.15, 0.2) is 5.58 Å². The third-order valence-electron chi connectivity index (χ3n) is 3.56. The lowest BCUT2D eigenvalue weighted by atomic mass is 10.2. The topological polar surface area (TPSA) is 79.0 Å². The Labute approximate surface area is 134 Å². The Morgan fingerprint density at radius 2 is 1.96 bits per heavy atom. The van der Waals surface area contributed by atoms with Crippen LogP contribution in [0.4, 0.5) is 10.8 Å². The van der Waals surface area contributed by atoms with Crippen LogP contribution in [0.2, 0.25) is 0 Å². The summed E-state index contributed by atoms with van der Waals surface area (Å²) in [4.78, 5) is 20.1. The van der Waals surface area contributed by atoms with Crippen molar-refractivity contribution in [2.75, 3.05) is 31.1 Å². The van der Waals surface area contributed by atoms with Gasteiger partial charge in [-0.1, -0.05) is 0 Å². The van der Waals surface area contributed by atoms with Crippen molar-refractivity contribution in [1.82, 2.24) is 9.88 Å². The van der Waals surface area contributed by atoms with E-state index in [1.165, 1.54) is 0 Å². The molecule has 0 unspecified atom stereocenters. The minimum atomic E-state index is -0.490. The van der Waals surface area contributed by atoms with Gasteiger partial charge in [0.1, 0.15) is 16.9 Å². The first-order chi connectivity index (χ1) is 10.8. The van der Waals surface area contributed by atoms with Crippen LogP contribution < -0.4 is 4.90 Å². The van der Waals surface area contributed by atoms with Gasteiger partial charge in [0.05, 0.1) is 0 Å². The number of hydrogen-bond acceptors (Lipinski definition) is 6. The summed E-state index contributed by atoms with van der Waals surface area (Å²) in [5, 5.41) is 9.49. The second-order valence-electron chi connectivity index (χ2n) is 6.60. The second kappa shape index (κ2) is 5.64. The number of oxazole rings is 1. The molecule has 7 nitrogen and oxygen atoms in total. The number of anilines is 1. The Morgan fingerprint density at radius 1 is 1.26 bits per heavy atom. The van der Waals surface area contributed by atoms with E-state index in [1.807, 2.05) is 25.7 Å². The first-order valence-corrected chi connectivity index (χ1v) is 7.64. The van der Waals surface area contributed by atoms with Crippen molar-refractivity contribution in [2.45, 2.75) is 26.4 Å². The number of rotatable bonds is 1. The predicted molar refractivity (Wildman–Crippen MR) is 85.7 cm³/mol. The molecular formula is C16H21N3O4. The molecule has 1 aliphatic rings. The molecule has 0 atom stereocenters. The Hall–Kier alpha value is -2.44. The zero-order chi connectivity index (χ0) is 16.6. The van der Waals surface area contributed by atoms with Gasteiger partial charge in [0, 0.05) is 32.2 Å². The fourth-order valence-corrected chi connectivity index (χ4v) is 2.45. The zero-order valence-corrected chi connectivity index (χ0v) is 13.6. The summed E-state index contributed by atoms with van der Waals surface area (Å²) in [5.41, 5.74) is 0.762. The van der Waals surface area contributed by atoms with Crippen LogP contribution >= 0.6 is 0 Å². The maximum Gasteiger partial charge on any atom is 0.410 e. The van der Waals surface area contributed by atoms with Gasteiger partial charge in [-0.2, -0.15) is 4.98 Å². The lowest BCUT2D eigenvalue weighted by Crippen LogP contribution is -2.50. The van der Waals surface area contributed by atoms with Crippen LogP contribution in [0.1, 0.15) is 20.8 Å². The third kappa shape index (κ3) is 3.49. The highest BCUT2D eigenvalue weighted by Gasteiger charge is 2.27. The van der Waals surface area contributed by atoms with Crippen molar-refractivity contribution in [2.24, 2.45) is 0 Å². The molecule has 1 aromatic carbocycles. The van der Waals surface area contributed by atoms with Crippen LogP contribution in [-0.4, -0.2) is 52.9 Å². The Balaban J connectivity index is 1.65. The van der Waals surface area contributed by atoms with Crippen molar-refractivity contribution >= 4 is 23.2 Å². The van der Waals surface area contributed by atoms with Gasteiger partial charge in [-0.25, -0.2) is 4.79 Å². The second-order valence-corrected chi connectivity index (χ2v) is 6.60. The summed E-state index contributed by atoms with van der Waals surface area (Å²) in [7, 11) is 0. The van der Waals surface area contributed by atoms with Crippen LogP contribution in [0, 0.1) is 0 Å². The summed E-state index contributed by atoms with van der Waals surface area (Å²) in [5.74, 6) is 0.159. The van der Waals surface area contributed by atoms with Gasteiger partial charge in [0.25, 0.3) is 6.01 Å². The van der Waals surface area contributed by atoms with Crippen molar-refractivity contribution in [3.8, 4) is 5.75 Å². The quantitative estimate of drug-likeness (QED) is 0.870. The summed E-state index contributed by atoms with van der Waals surface area (Å²) in [6, 6.07) is 5.34. The summed E-state index contributed by atoms with van der Waals surface area (Å²) in [6.45, 7) is 7.92. The maximum absolute atomic E-state index is 12.1.